The highest BCUT2D eigenvalue weighted by atomic mass is 16.5. The maximum Gasteiger partial charge on any atom is 0.305 e. The van der Waals surface area contributed by atoms with E-state index in [-0.39, 0.29) is 12.6 Å². The van der Waals surface area contributed by atoms with Gasteiger partial charge in [-0.2, -0.15) is 0 Å². The van der Waals surface area contributed by atoms with Gasteiger partial charge in [0.15, 0.2) is 0 Å². The molecule has 0 fully saturated rings. The molecule has 3 nitrogen and oxygen atoms in total. The number of carbonyl (C=O) groups is 1. The first-order valence-electron chi connectivity index (χ1n) is 13.6. The molecule has 0 heterocycles. The monoisotopic (exact) mass is 426 g/mol. The summed E-state index contributed by atoms with van der Waals surface area (Å²) in [6.45, 7) is 3.03. The van der Waals surface area contributed by atoms with Gasteiger partial charge in [-0.25, -0.2) is 0 Å². The Balaban J connectivity index is 3.08. The summed E-state index contributed by atoms with van der Waals surface area (Å²) in [4.78, 5) is 11.6. The molecule has 0 aromatic rings. The molecule has 0 rings (SSSR count). The molecule has 0 radical (unpaired) electrons. The Morgan fingerprint density at radius 2 is 0.900 bits per heavy atom. The molecular weight excluding hydrogens is 372 g/mol. The molecule has 1 N–H and O–H groups in total. The van der Waals surface area contributed by atoms with Crippen molar-refractivity contribution in [1.82, 2.24) is 0 Å². The molecule has 0 saturated heterocycles. The summed E-state index contributed by atoms with van der Waals surface area (Å²) in [5.74, 6) is -0.0500. The fraction of sp³-hybridized carbons (Fsp3) is 0.963. The molecule has 0 bridgehead atoms. The Hall–Kier alpha value is -0.570. The van der Waals surface area contributed by atoms with Gasteiger partial charge in [-0.3, -0.25) is 4.79 Å². The minimum absolute atomic E-state index is 0.0500. The second kappa shape index (κ2) is 26.5. The fourth-order valence-corrected chi connectivity index (χ4v) is 4.00. The van der Waals surface area contributed by atoms with E-state index in [9.17, 15) is 4.79 Å². The lowest BCUT2D eigenvalue weighted by atomic mass is 10.0. The number of esters is 1. The molecule has 0 amide bonds. The summed E-state index contributed by atoms with van der Waals surface area (Å²) in [6, 6.07) is 0. The summed E-state index contributed by atoms with van der Waals surface area (Å²) < 4.78 is 5.21. The van der Waals surface area contributed by atoms with Crippen LogP contribution in [0.2, 0.25) is 0 Å². The molecule has 0 aliphatic heterocycles. The lowest BCUT2D eigenvalue weighted by Crippen LogP contribution is -2.05. The second-order valence-electron chi connectivity index (χ2n) is 9.12. The fourth-order valence-electron chi connectivity index (χ4n) is 4.00. The molecular formula is C27H54O3. The van der Waals surface area contributed by atoms with E-state index >= 15 is 0 Å². The lowest BCUT2D eigenvalue weighted by Gasteiger charge is -2.05. The van der Waals surface area contributed by atoms with Crippen molar-refractivity contribution < 1.29 is 14.6 Å². The topological polar surface area (TPSA) is 46.5 Å². The number of aliphatic hydroxyl groups is 1. The average molecular weight is 427 g/mol. The van der Waals surface area contributed by atoms with Crippen molar-refractivity contribution in [2.45, 2.75) is 155 Å². The van der Waals surface area contributed by atoms with Crippen LogP contribution in [0.25, 0.3) is 0 Å². The van der Waals surface area contributed by atoms with E-state index in [1.165, 1.54) is 109 Å². The first-order valence-corrected chi connectivity index (χ1v) is 13.6. The minimum atomic E-state index is -0.0500. The zero-order valence-corrected chi connectivity index (χ0v) is 20.4. The van der Waals surface area contributed by atoms with Gasteiger partial charge in [-0.05, 0) is 25.7 Å². The highest BCUT2D eigenvalue weighted by Crippen LogP contribution is 2.15. The van der Waals surface area contributed by atoms with Gasteiger partial charge in [-0.1, -0.05) is 122 Å². The van der Waals surface area contributed by atoms with Gasteiger partial charge < -0.3 is 9.84 Å². The van der Waals surface area contributed by atoms with Crippen LogP contribution in [0.3, 0.4) is 0 Å². The van der Waals surface area contributed by atoms with Crippen molar-refractivity contribution in [2.75, 3.05) is 13.2 Å². The summed E-state index contributed by atoms with van der Waals surface area (Å²) in [7, 11) is 0. The smallest absolute Gasteiger partial charge is 0.305 e. The van der Waals surface area contributed by atoms with Crippen LogP contribution in [0, 0.1) is 0 Å². The predicted molar refractivity (Wildman–Crippen MR) is 130 cm³/mol. The maximum absolute atomic E-state index is 11.6. The Morgan fingerprint density at radius 1 is 0.533 bits per heavy atom. The van der Waals surface area contributed by atoms with E-state index in [1.54, 1.807) is 0 Å². The zero-order valence-electron chi connectivity index (χ0n) is 20.4. The first kappa shape index (κ1) is 29.4. The second-order valence-corrected chi connectivity index (χ2v) is 9.12. The molecule has 0 saturated carbocycles. The molecule has 0 atom stereocenters. The van der Waals surface area contributed by atoms with E-state index in [1.807, 2.05) is 0 Å². The normalized spacial score (nSPS) is 11.1. The van der Waals surface area contributed by atoms with E-state index in [0.29, 0.717) is 13.0 Å². The van der Waals surface area contributed by atoms with Crippen LogP contribution in [0.4, 0.5) is 0 Å². The van der Waals surface area contributed by atoms with Crippen LogP contribution in [-0.2, 0) is 9.53 Å². The zero-order chi connectivity index (χ0) is 22.0. The molecule has 180 valence electrons. The van der Waals surface area contributed by atoms with Gasteiger partial charge in [0.1, 0.15) is 0 Å². The average Bonchev–Trinajstić information content (AvgIpc) is 2.75. The molecule has 0 aliphatic carbocycles. The standard InChI is InChI=1S/C27H54O3/c1-2-3-4-5-6-7-8-9-10-11-12-13-14-15-16-17-18-19-21-24-27(29)30-26-23-20-22-25-28/h28H,2-26H2,1H3. The third kappa shape index (κ3) is 25.5. The van der Waals surface area contributed by atoms with Crippen LogP contribution >= 0.6 is 0 Å². The number of unbranched alkanes of at least 4 members (excludes halogenated alkanes) is 20. The van der Waals surface area contributed by atoms with Crippen molar-refractivity contribution in [3.63, 3.8) is 0 Å². The van der Waals surface area contributed by atoms with Crippen molar-refractivity contribution >= 4 is 5.97 Å². The largest absolute Gasteiger partial charge is 0.466 e. The lowest BCUT2D eigenvalue weighted by molar-refractivity contribution is -0.143. The van der Waals surface area contributed by atoms with Gasteiger partial charge in [0.2, 0.25) is 0 Å². The van der Waals surface area contributed by atoms with E-state index < -0.39 is 0 Å². The van der Waals surface area contributed by atoms with E-state index in [4.69, 9.17) is 9.84 Å². The maximum atomic E-state index is 11.6. The number of aliphatic hydroxyl groups excluding tert-OH is 1. The molecule has 0 unspecified atom stereocenters. The molecule has 0 aromatic heterocycles. The Kier molecular flexibility index (Phi) is 26.0. The van der Waals surface area contributed by atoms with Crippen LogP contribution in [0.15, 0.2) is 0 Å². The summed E-state index contributed by atoms with van der Waals surface area (Å²) in [6.07, 6.45) is 29.2. The third-order valence-corrected chi connectivity index (χ3v) is 6.05. The van der Waals surface area contributed by atoms with Crippen molar-refractivity contribution in [1.29, 1.82) is 0 Å². The molecule has 0 aromatic carbocycles. The third-order valence-electron chi connectivity index (χ3n) is 6.05. The first-order chi connectivity index (χ1) is 14.8. The van der Waals surface area contributed by atoms with Crippen LogP contribution in [0.5, 0.6) is 0 Å². The number of hydrogen-bond acceptors (Lipinski definition) is 3. The van der Waals surface area contributed by atoms with Crippen LogP contribution < -0.4 is 0 Å². The minimum Gasteiger partial charge on any atom is -0.466 e. The summed E-state index contributed by atoms with van der Waals surface area (Å²) in [5, 5.41) is 8.69. The summed E-state index contributed by atoms with van der Waals surface area (Å²) in [5.41, 5.74) is 0. The molecule has 3 heteroatoms. The number of ether oxygens (including phenoxy) is 1. The van der Waals surface area contributed by atoms with Gasteiger partial charge in [0, 0.05) is 13.0 Å². The van der Waals surface area contributed by atoms with Gasteiger partial charge >= 0.3 is 5.97 Å². The number of hydrogen-bond donors (Lipinski definition) is 1. The van der Waals surface area contributed by atoms with Crippen molar-refractivity contribution in [3.8, 4) is 0 Å². The quantitative estimate of drug-likeness (QED) is 0.117. The van der Waals surface area contributed by atoms with Crippen molar-refractivity contribution in [3.05, 3.63) is 0 Å². The van der Waals surface area contributed by atoms with Gasteiger partial charge in [0.25, 0.3) is 0 Å². The van der Waals surface area contributed by atoms with Crippen LogP contribution in [0.1, 0.15) is 155 Å². The highest BCUT2D eigenvalue weighted by molar-refractivity contribution is 5.69. The SMILES string of the molecule is CCCCCCCCCCCCCCCCCCCCCC(=O)OCCCCCO. The summed E-state index contributed by atoms with van der Waals surface area (Å²) >= 11 is 0. The number of carbonyl (C=O) groups excluding carboxylic acids is 1. The van der Waals surface area contributed by atoms with E-state index in [0.717, 1.165) is 32.1 Å². The van der Waals surface area contributed by atoms with Gasteiger partial charge in [0.05, 0.1) is 6.61 Å². The molecule has 0 spiro atoms. The Bertz CT molecular complexity index is 330. The number of rotatable bonds is 25. The molecule has 0 aliphatic rings. The predicted octanol–water partition coefficient (Wildman–Crippen LogP) is 8.51. The van der Waals surface area contributed by atoms with Crippen molar-refractivity contribution in [2.24, 2.45) is 0 Å². The Morgan fingerprint density at radius 3 is 1.30 bits per heavy atom. The Labute approximate surface area is 188 Å². The van der Waals surface area contributed by atoms with Crippen LogP contribution in [-0.4, -0.2) is 24.3 Å². The highest BCUT2D eigenvalue weighted by Gasteiger charge is 2.02. The van der Waals surface area contributed by atoms with E-state index in [2.05, 4.69) is 6.92 Å². The molecule has 30 heavy (non-hydrogen) atoms. The van der Waals surface area contributed by atoms with Gasteiger partial charge in [-0.15, -0.1) is 0 Å².